The van der Waals surface area contributed by atoms with Gasteiger partial charge in [-0.25, -0.2) is 13.2 Å². The molecule has 0 aliphatic rings. The molecular weight excluding hydrogens is 241 g/mol. The largest absolute Gasteiger partial charge is 0.502 e. The summed E-state index contributed by atoms with van der Waals surface area (Å²) in [6, 6.07) is 0.634. The van der Waals surface area contributed by atoms with Crippen molar-refractivity contribution in [2.75, 3.05) is 14.2 Å². The molecule has 0 unspecified atom stereocenters. The maximum Gasteiger partial charge on any atom is 0.502 e. The summed E-state index contributed by atoms with van der Waals surface area (Å²) in [6.07, 6.45) is 0. The molecule has 0 saturated heterocycles. The van der Waals surface area contributed by atoms with Crippen LogP contribution in [0.1, 0.15) is 5.56 Å². The van der Waals surface area contributed by atoms with E-state index in [1.807, 2.05) is 0 Å². The van der Waals surface area contributed by atoms with Crippen molar-refractivity contribution in [3.63, 3.8) is 0 Å². The van der Waals surface area contributed by atoms with Crippen LogP contribution in [0.2, 0.25) is 0 Å². The molecule has 1 rings (SSSR count). The highest BCUT2D eigenvalue weighted by atomic mass is 28.4. The van der Waals surface area contributed by atoms with Crippen LogP contribution in [-0.4, -0.2) is 27.8 Å². The molecular formula is C9H11F3O3Si. The maximum absolute atomic E-state index is 13.2. The summed E-state index contributed by atoms with van der Waals surface area (Å²) in [7, 11) is -1.27. The van der Waals surface area contributed by atoms with E-state index in [1.165, 1.54) is 14.2 Å². The summed E-state index contributed by atoms with van der Waals surface area (Å²) >= 11 is 0. The summed E-state index contributed by atoms with van der Waals surface area (Å²) in [5.41, 5.74) is -0.445. The standard InChI is InChI=1S/C9H11F3O3Si/c1-14-16(13,15-2)5-7-8(11)3-6(10)4-9(7)12/h3-4,13H,5H2,1-2H3. The van der Waals surface area contributed by atoms with Gasteiger partial charge in [-0.05, 0) is 0 Å². The second kappa shape index (κ2) is 4.96. The van der Waals surface area contributed by atoms with Crippen molar-refractivity contribution in [2.45, 2.75) is 6.04 Å². The van der Waals surface area contributed by atoms with Gasteiger partial charge in [-0.2, -0.15) is 0 Å². The van der Waals surface area contributed by atoms with Crippen LogP contribution in [0.25, 0.3) is 0 Å². The van der Waals surface area contributed by atoms with Crippen molar-refractivity contribution in [2.24, 2.45) is 0 Å². The molecule has 7 heteroatoms. The molecule has 1 N–H and O–H groups in total. The Balaban J connectivity index is 3.06. The second-order valence-corrected chi connectivity index (χ2v) is 5.74. The van der Waals surface area contributed by atoms with Crippen LogP contribution < -0.4 is 0 Å². The lowest BCUT2D eigenvalue weighted by Gasteiger charge is -2.20. The molecule has 0 heterocycles. The summed E-state index contributed by atoms with van der Waals surface area (Å²) in [6.45, 7) is 0. The average molecular weight is 252 g/mol. The highest BCUT2D eigenvalue weighted by Gasteiger charge is 2.37. The third-order valence-corrected chi connectivity index (χ3v) is 4.22. The Morgan fingerprint density at radius 2 is 1.56 bits per heavy atom. The molecule has 0 amide bonds. The van der Waals surface area contributed by atoms with Crippen LogP contribution in [0, 0.1) is 17.5 Å². The highest BCUT2D eigenvalue weighted by molar-refractivity contribution is 6.58. The zero-order valence-corrected chi connectivity index (χ0v) is 9.76. The first-order valence-electron chi connectivity index (χ1n) is 4.38. The van der Waals surface area contributed by atoms with Crippen molar-refractivity contribution >= 4 is 8.80 Å². The molecule has 1 aromatic rings. The molecule has 0 radical (unpaired) electrons. The van der Waals surface area contributed by atoms with Crippen molar-refractivity contribution in [3.05, 3.63) is 35.1 Å². The molecule has 0 bridgehead atoms. The van der Waals surface area contributed by atoms with E-state index >= 15 is 0 Å². The Labute approximate surface area is 91.8 Å². The Kier molecular flexibility index (Phi) is 4.08. The Hall–Kier alpha value is -0.893. The van der Waals surface area contributed by atoms with E-state index in [9.17, 15) is 18.0 Å². The predicted molar refractivity (Wildman–Crippen MR) is 52.0 cm³/mol. The van der Waals surface area contributed by atoms with Gasteiger partial charge in [0.15, 0.2) is 0 Å². The lowest BCUT2D eigenvalue weighted by Crippen LogP contribution is -2.43. The smallest absolute Gasteiger partial charge is 0.390 e. The van der Waals surface area contributed by atoms with E-state index in [-0.39, 0.29) is 0 Å². The van der Waals surface area contributed by atoms with E-state index in [0.29, 0.717) is 12.1 Å². The van der Waals surface area contributed by atoms with Gasteiger partial charge in [-0.3, -0.25) is 0 Å². The van der Waals surface area contributed by atoms with Gasteiger partial charge in [0.05, 0.1) is 0 Å². The molecule has 0 aromatic heterocycles. The van der Waals surface area contributed by atoms with E-state index in [0.717, 1.165) is 0 Å². The fraction of sp³-hybridized carbons (Fsp3) is 0.333. The minimum atomic E-state index is -3.62. The van der Waals surface area contributed by atoms with Gasteiger partial charge in [0.2, 0.25) is 0 Å². The van der Waals surface area contributed by atoms with E-state index < -0.39 is 37.9 Å². The molecule has 0 atom stereocenters. The minimum absolute atomic E-state index is 0.445. The molecule has 16 heavy (non-hydrogen) atoms. The first kappa shape index (κ1) is 13.2. The monoisotopic (exact) mass is 252 g/mol. The third kappa shape index (κ3) is 2.82. The topological polar surface area (TPSA) is 38.7 Å². The van der Waals surface area contributed by atoms with Gasteiger partial charge < -0.3 is 13.6 Å². The third-order valence-electron chi connectivity index (χ3n) is 2.14. The van der Waals surface area contributed by atoms with Gasteiger partial charge in [-0.1, -0.05) is 0 Å². The molecule has 1 aromatic carbocycles. The van der Waals surface area contributed by atoms with E-state index in [4.69, 9.17) is 0 Å². The van der Waals surface area contributed by atoms with Gasteiger partial charge >= 0.3 is 8.80 Å². The van der Waals surface area contributed by atoms with Gasteiger partial charge in [0, 0.05) is 38.0 Å². The Morgan fingerprint density at radius 3 is 1.94 bits per heavy atom. The number of hydrogen-bond donors (Lipinski definition) is 1. The quantitative estimate of drug-likeness (QED) is 0.823. The van der Waals surface area contributed by atoms with Crippen LogP contribution >= 0.6 is 0 Å². The number of halogens is 3. The lowest BCUT2D eigenvalue weighted by molar-refractivity contribution is 0.149. The number of rotatable bonds is 4. The summed E-state index contributed by atoms with van der Waals surface area (Å²) in [5.74, 6) is -3.16. The average Bonchev–Trinajstić information content (AvgIpc) is 2.23. The van der Waals surface area contributed by atoms with Gasteiger partial charge in [0.1, 0.15) is 17.5 Å². The first-order chi connectivity index (χ1) is 7.41. The van der Waals surface area contributed by atoms with Crippen molar-refractivity contribution in [3.8, 4) is 0 Å². The van der Waals surface area contributed by atoms with Crippen LogP contribution in [0.15, 0.2) is 12.1 Å². The molecule has 0 aliphatic heterocycles. The summed E-state index contributed by atoms with van der Waals surface area (Å²) < 4.78 is 48.4. The molecule has 90 valence electrons. The molecule has 0 aliphatic carbocycles. The first-order valence-corrected chi connectivity index (χ1v) is 6.35. The fourth-order valence-electron chi connectivity index (χ4n) is 1.19. The van der Waals surface area contributed by atoms with Crippen LogP contribution in [0.5, 0.6) is 0 Å². The SMILES string of the molecule is CO[Si](O)(Cc1c(F)cc(F)cc1F)OC. The molecule has 3 nitrogen and oxygen atoms in total. The van der Waals surface area contributed by atoms with Crippen LogP contribution in [-0.2, 0) is 14.9 Å². The number of benzene rings is 1. The maximum atomic E-state index is 13.2. The number of hydrogen-bond acceptors (Lipinski definition) is 3. The Bertz CT molecular complexity index is 359. The van der Waals surface area contributed by atoms with Crippen molar-refractivity contribution in [1.82, 2.24) is 0 Å². The second-order valence-electron chi connectivity index (χ2n) is 3.15. The zero-order chi connectivity index (χ0) is 12.3. The van der Waals surface area contributed by atoms with Crippen molar-refractivity contribution < 1.29 is 26.8 Å². The van der Waals surface area contributed by atoms with Gasteiger partial charge in [-0.15, -0.1) is 0 Å². The predicted octanol–water partition coefficient (Wildman–Crippen LogP) is 1.41. The van der Waals surface area contributed by atoms with Crippen LogP contribution in [0.4, 0.5) is 13.2 Å². The van der Waals surface area contributed by atoms with Crippen LogP contribution in [0.3, 0.4) is 0 Å². The zero-order valence-electron chi connectivity index (χ0n) is 8.76. The Morgan fingerprint density at radius 1 is 1.12 bits per heavy atom. The van der Waals surface area contributed by atoms with E-state index in [2.05, 4.69) is 8.85 Å². The minimum Gasteiger partial charge on any atom is -0.390 e. The molecule has 0 spiro atoms. The molecule has 0 saturated carbocycles. The fourth-order valence-corrected chi connectivity index (χ4v) is 2.43. The van der Waals surface area contributed by atoms with E-state index in [1.54, 1.807) is 0 Å². The normalized spacial score (nSPS) is 11.9. The summed E-state index contributed by atoms with van der Waals surface area (Å²) in [4.78, 5) is 9.67. The lowest BCUT2D eigenvalue weighted by atomic mass is 10.2. The summed E-state index contributed by atoms with van der Waals surface area (Å²) in [5, 5.41) is 0. The highest BCUT2D eigenvalue weighted by Crippen LogP contribution is 2.19. The molecule has 0 fully saturated rings. The van der Waals surface area contributed by atoms with Gasteiger partial charge in [0.25, 0.3) is 0 Å². The van der Waals surface area contributed by atoms with Crippen molar-refractivity contribution in [1.29, 1.82) is 0 Å².